The fourth-order valence-corrected chi connectivity index (χ4v) is 2.81. The van der Waals surface area contributed by atoms with Crippen LogP contribution < -0.4 is 0 Å². The Labute approximate surface area is 139 Å². The summed E-state index contributed by atoms with van der Waals surface area (Å²) in [5.74, 6) is 0.00823. The minimum atomic E-state index is -0.446. The zero-order chi connectivity index (χ0) is 16.8. The fourth-order valence-electron chi connectivity index (χ4n) is 2.81. The normalized spacial score (nSPS) is 20.8. The second-order valence-electron chi connectivity index (χ2n) is 6.50. The number of likely N-dealkylation sites (N-methyl/N-ethyl adjacent to an activating group) is 1. The van der Waals surface area contributed by atoms with Gasteiger partial charge >= 0.3 is 0 Å². The monoisotopic (exact) mass is 319 g/mol. The standard InChI is InChI=1S/C19H29NO3/c1-14-8-10-17(11-9-14)15(2)20(4)19(21)16(3)23-13-18-7-5-6-12-22-18/h8-11,15-16,18H,5-7,12-13H2,1-4H3. The molecule has 1 aliphatic rings. The molecule has 1 aromatic carbocycles. The van der Waals surface area contributed by atoms with E-state index in [2.05, 4.69) is 31.2 Å². The van der Waals surface area contributed by atoms with Crippen LogP contribution in [0.5, 0.6) is 0 Å². The molecule has 1 saturated heterocycles. The molecule has 3 unspecified atom stereocenters. The van der Waals surface area contributed by atoms with Gasteiger partial charge in [-0.2, -0.15) is 0 Å². The van der Waals surface area contributed by atoms with Crippen LogP contribution in [0.1, 0.15) is 50.3 Å². The lowest BCUT2D eigenvalue weighted by Gasteiger charge is -2.29. The average Bonchev–Trinajstić information content (AvgIpc) is 2.59. The van der Waals surface area contributed by atoms with E-state index >= 15 is 0 Å². The zero-order valence-corrected chi connectivity index (χ0v) is 14.7. The number of aryl methyl sites for hydroxylation is 1. The molecule has 0 radical (unpaired) electrons. The summed E-state index contributed by atoms with van der Waals surface area (Å²) in [6.07, 6.45) is 3.02. The van der Waals surface area contributed by atoms with Crippen molar-refractivity contribution in [3.8, 4) is 0 Å². The smallest absolute Gasteiger partial charge is 0.251 e. The lowest BCUT2D eigenvalue weighted by atomic mass is 10.1. The van der Waals surface area contributed by atoms with E-state index < -0.39 is 6.10 Å². The Balaban J connectivity index is 1.85. The highest BCUT2D eigenvalue weighted by molar-refractivity contribution is 5.80. The molecule has 1 aliphatic heterocycles. The number of nitrogens with zero attached hydrogens (tertiary/aromatic N) is 1. The van der Waals surface area contributed by atoms with E-state index in [1.54, 1.807) is 4.90 Å². The molecule has 3 atom stereocenters. The van der Waals surface area contributed by atoms with Crippen molar-refractivity contribution < 1.29 is 14.3 Å². The first-order valence-electron chi connectivity index (χ1n) is 8.55. The van der Waals surface area contributed by atoms with Crippen molar-refractivity contribution in [1.29, 1.82) is 0 Å². The number of hydrogen-bond donors (Lipinski definition) is 0. The van der Waals surface area contributed by atoms with Gasteiger partial charge in [0.1, 0.15) is 6.10 Å². The number of hydrogen-bond acceptors (Lipinski definition) is 3. The van der Waals surface area contributed by atoms with Gasteiger partial charge < -0.3 is 14.4 Å². The molecule has 0 saturated carbocycles. The van der Waals surface area contributed by atoms with Crippen LogP contribution in [0, 0.1) is 6.92 Å². The molecule has 1 heterocycles. The van der Waals surface area contributed by atoms with Gasteiger partial charge in [-0.15, -0.1) is 0 Å². The summed E-state index contributed by atoms with van der Waals surface area (Å²) in [5.41, 5.74) is 2.35. The molecule has 1 amide bonds. The number of amides is 1. The second kappa shape index (κ2) is 8.46. The Morgan fingerprint density at radius 3 is 2.61 bits per heavy atom. The minimum absolute atomic E-state index is 0.00823. The topological polar surface area (TPSA) is 38.8 Å². The zero-order valence-electron chi connectivity index (χ0n) is 14.7. The van der Waals surface area contributed by atoms with Gasteiger partial charge in [-0.05, 0) is 45.6 Å². The first-order chi connectivity index (χ1) is 11.0. The molecule has 0 bridgehead atoms. The summed E-state index contributed by atoms with van der Waals surface area (Å²) in [6, 6.07) is 8.32. The van der Waals surface area contributed by atoms with Crippen molar-refractivity contribution in [2.45, 2.75) is 58.3 Å². The molecule has 1 fully saturated rings. The summed E-state index contributed by atoms with van der Waals surface area (Å²) in [7, 11) is 1.84. The van der Waals surface area contributed by atoms with Crippen LogP contribution in [0.3, 0.4) is 0 Å². The van der Waals surface area contributed by atoms with Crippen LogP contribution in [0.15, 0.2) is 24.3 Å². The third kappa shape index (κ3) is 5.05. The maximum absolute atomic E-state index is 12.6. The van der Waals surface area contributed by atoms with Gasteiger partial charge in [0.2, 0.25) is 0 Å². The van der Waals surface area contributed by atoms with E-state index in [-0.39, 0.29) is 18.1 Å². The lowest BCUT2D eigenvalue weighted by molar-refractivity contribution is -0.146. The molecular formula is C19H29NO3. The van der Waals surface area contributed by atoms with Gasteiger partial charge in [0, 0.05) is 13.7 Å². The van der Waals surface area contributed by atoms with E-state index in [9.17, 15) is 4.79 Å². The Hall–Kier alpha value is -1.39. The summed E-state index contributed by atoms with van der Waals surface area (Å²) in [5, 5.41) is 0. The molecule has 23 heavy (non-hydrogen) atoms. The number of carbonyl (C=O) groups is 1. The van der Waals surface area contributed by atoms with Gasteiger partial charge in [-0.3, -0.25) is 4.79 Å². The largest absolute Gasteiger partial charge is 0.376 e. The third-order valence-electron chi connectivity index (χ3n) is 4.64. The van der Waals surface area contributed by atoms with Crippen LogP contribution in [0.2, 0.25) is 0 Å². The maximum atomic E-state index is 12.6. The first kappa shape index (κ1) is 18.0. The van der Waals surface area contributed by atoms with Crippen LogP contribution >= 0.6 is 0 Å². The third-order valence-corrected chi connectivity index (χ3v) is 4.64. The van der Waals surface area contributed by atoms with Crippen molar-refractivity contribution in [3.05, 3.63) is 35.4 Å². The van der Waals surface area contributed by atoms with Gasteiger partial charge in [-0.1, -0.05) is 29.8 Å². The van der Waals surface area contributed by atoms with E-state index in [1.165, 1.54) is 12.0 Å². The number of ether oxygens (including phenoxy) is 2. The number of rotatable bonds is 6. The molecular weight excluding hydrogens is 290 g/mol. The van der Waals surface area contributed by atoms with Crippen LogP contribution in [0.25, 0.3) is 0 Å². The van der Waals surface area contributed by atoms with E-state index in [1.807, 2.05) is 20.9 Å². The quantitative estimate of drug-likeness (QED) is 0.805. The predicted octanol–water partition coefficient (Wildman–Crippen LogP) is 3.49. The van der Waals surface area contributed by atoms with Crippen molar-refractivity contribution in [2.24, 2.45) is 0 Å². The van der Waals surface area contributed by atoms with Gasteiger partial charge in [0.05, 0.1) is 18.8 Å². The Kier molecular flexibility index (Phi) is 6.60. The molecule has 128 valence electrons. The van der Waals surface area contributed by atoms with Gasteiger partial charge in [-0.25, -0.2) is 0 Å². The lowest BCUT2D eigenvalue weighted by Crippen LogP contribution is -2.39. The van der Waals surface area contributed by atoms with Crippen LogP contribution in [-0.4, -0.2) is 43.3 Å². The van der Waals surface area contributed by atoms with E-state index in [0.29, 0.717) is 6.61 Å². The molecule has 4 heteroatoms. The summed E-state index contributed by atoms with van der Waals surface area (Å²) >= 11 is 0. The van der Waals surface area contributed by atoms with Crippen LogP contribution in [0.4, 0.5) is 0 Å². The SMILES string of the molecule is Cc1ccc(C(C)N(C)C(=O)C(C)OCC2CCCCO2)cc1. The Morgan fingerprint density at radius 1 is 1.30 bits per heavy atom. The molecule has 0 spiro atoms. The molecule has 1 aromatic rings. The van der Waals surface area contributed by atoms with Crippen molar-refractivity contribution in [3.63, 3.8) is 0 Å². The summed E-state index contributed by atoms with van der Waals surface area (Å²) < 4.78 is 11.4. The second-order valence-corrected chi connectivity index (χ2v) is 6.50. The number of carbonyl (C=O) groups excluding carboxylic acids is 1. The minimum Gasteiger partial charge on any atom is -0.376 e. The fraction of sp³-hybridized carbons (Fsp3) is 0.632. The van der Waals surface area contributed by atoms with Gasteiger partial charge in [0.15, 0.2) is 0 Å². The molecule has 0 N–H and O–H groups in total. The molecule has 0 aromatic heterocycles. The van der Waals surface area contributed by atoms with E-state index in [4.69, 9.17) is 9.47 Å². The summed E-state index contributed by atoms with van der Waals surface area (Å²) in [4.78, 5) is 14.3. The van der Waals surface area contributed by atoms with Crippen molar-refractivity contribution in [1.82, 2.24) is 4.90 Å². The predicted molar refractivity (Wildman–Crippen MR) is 91.4 cm³/mol. The highest BCUT2D eigenvalue weighted by Crippen LogP contribution is 2.21. The Morgan fingerprint density at radius 2 is 2.00 bits per heavy atom. The van der Waals surface area contributed by atoms with Crippen molar-refractivity contribution >= 4 is 5.91 Å². The molecule has 2 rings (SSSR count). The molecule has 4 nitrogen and oxygen atoms in total. The number of benzene rings is 1. The maximum Gasteiger partial charge on any atom is 0.251 e. The highest BCUT2D eigenvalue weighted by atomic mass is 16.5. The highest BCUT2D eigenvalue weighted by Gasteiger charge is 2.24. The average molecular weight is 319 g/mol. The van der Waals surface area contributed by atoms with Crippen LogP contribution in [-0.2, 0) is 14.3 Å². The Bertz CT molecular complexity index is 494. The van der Waals surface area contributed by atoms with E-state index in [0.717, 1.165) is 25.0 Å². The van der Waals surface area contributed by atoms with Gasteiger partial charge in [0.25, 0.3) is 5.91 Å². The summed E-state index contributed by atoms with van der Waals surface area (Å²) in [6.45, 7) is 7.23. The first-order valence-corrected chi connectivity index (χ1v) is 8.55. The van der Waals surface area contributed by atoms with Crippen molar-refractivity contribution in [2.75, 3.05) is 20.3 Å². The molecule has 0 aliphatic carbocycles.